The van der Waals surface area contributed by atoms with Crippen LogP contribution in [0.1, 0.15) is 23.3 Å². The highest BCUT2D eigenvalue weighted by Crippen LogP contribution is 2.28. The first kappa shape index (κ1) is 22.0. The van der Waals surface area contributed by atoms with Crippen molar-refractivity contribution in [3.8, 4) is 5.75 Å². The lowest BCUT2D eigenvalue weighted by atomic mass is 10.0. The van der Waals surface area contributed by atoms with Gasteiger partial charge >= 0.3 is 0 Å². The maximum atomic E-state index is 13.0. The van der Waals surface area contributed by atoms with E-state index in [4.69, 9.17) is 16.2 Å². The smallest absolute Gasteiger partial charge is 0.243 e. The molecule has 2 atom stereocenters. The van der Waals surface area contributed by atoms with Gasteiger partial charge in [-0.1, -0.05) is 12.1 Å². The minimum atomic E-state index is -0.699. The van der Waals surface area contributed by atoms with Crippen LogP contribution >= 0.6 is 11.3 Å². The first-order chi connectivity index (χ1) is 15.5. The Kier molecular flexibility index (Phi) is 6.57. The third kappa shape index (κ3) is 4.68. The minimum Gasteiger partial charge on any atom is -0.497 e. The maximum Gasteiger partial charge on any atom is 0.243 e. The Labute approximate surface area is 190 Å². The second kappa shape index (κ2) is 9.54. The van der Waals surface area contributed by atoms with Crippen LogP contribution < -0.4 is 21.5 Å². The van der Waals surface area contributed by atoms with E-state index in [0.29, 0.717) is 31.7 Å². The average molecular weight is 454 g/mol. The number of amides is 2. The largest absolute Gasteiger partial charge is 0.497 e. The maximum absolute atomic E-state index is 13.0. The number of nitrogens with zero attached hydrogens (tertiary/aromatic N) is 2. The number of pyridine rings is 1. The summed E-state index contributed by atoms with van der Waals surface area (Å²) in [6.07, 6.45) is 3.50. The van der Waals surface area contributed by atoms with E-state index in [0.717, 1.165) is 32.7 Å². The molecule has 2 amide bonds. The lowest BCUT2D eigenvalue weighted by Crippen LogP contribution is -2.51. The number of methoxy groups -OCH3 is 1. The minimum absolute atomic E-state index is 0.156. The van der Waals surface area contributed by atoms with Crippen molar-refractivity contribution < 1.29 is 14.3 Å². The van der Waals surface area contributed by atoms with Crippen LogP contribution in [0.3, 0.4) is 0 Å². The van der Waals surface area contributed by atoms with Crippen molar-refractivity contribution in [2.75, 3.05) is 19.4 Å². The summed E-state index contributed by atoms with van der Waals surface area (Å²) >= 11 is 1.57. The molecule has 1 aliphatic heterocycles. The molecule has 168 valence electrons. The molecule has 9 heteroatoms. The first-order valence-corrected chi connectivity index (χ1v) is 11.4. The van der Waals surface area contributed by atoms with Gasteiger partial charge in [-0.25, -0.2) is 4.98 Å². The monoisotopic (exact) mass is 453 g/mol. The molecular weight excluding hydrogens is 426 g/mol. The van der Waals surface area contributed by atoms with Crippen molar-refractivity contribution in [3.63, 3.8) is 0 Å². The molecule has 0 spiro atoms. The van der Waals surface area contributed by atoms with E-state index in [1.807, 2.05) is 36.4 Å². The van der Waals surface area contributed by atoms with Crippen LogP contribution in [0.5, 0.6) is 5.75 Å². The van der Waals surface area contributed by atoms with Crippen molar-refractivity contribution in [3.05, 3.63) is 53.0 Å². The summed E-state index contributed by atoms with van der Waals surface area (Å²) in [5, 5.41) is 3.86. The SMILES string of the molecule is COc1ccc(C[C@@H](N)C(=O)N2CCC[C@H]2C(=O)NCc2cc3c(N)nccc3s2)cc1. The summed E-state index contributed by atoms with van der Waals surface area (Å²) in [5.74, 6) is 0.882. The number of ether oxygens (including phenoxy) is 1. The van der Waals surface area contributed by atoms with Crippen LogP contribution in [0.25, 0.3) is 10.1 Å². The third-order valence-corrected chi connectivity index (χ3v) is 6.83. The second-order valence-corrected chi connectivity index (χ2v) is 9.06. The summed E-state index contributed by atoms with van der Waals surface area (Å²) in [6, 6.07) is 10.1. The number of likely N-dealkylation sites (tertiary alicyclic amines) is 1. The highest BCUT2D eigenvalue weighted by atomic mass is 32.1. The number of hydrogen-bond acceptors (Lipinski definition) is 7. The Bertz CT molecular complexity index is 1110. The predicted octanol–water partition coefficient (Wildman–Crippen LogP) is 2.06. The lowest BCUT2D eigenvalue weighted by Gasteiger charge is -2.26. The van der Waals surface area contributed by atoms with Gasteiger partial charge in [0.25, 0.3) is 0 Å². The number of benzene rings is 1. The highest BCUT2D eigenvalue weighted by molar-refractivity contribution is 7.19. The standard InChI is InChI=1S/C23H27N5O3S/c1-31-15-6-4-14(5-7-15)11-18(24)23(30)28-10-2-3-19(28)22(29)27-13-16-12-17-20(32-16)8-9-26-21(17)25/h4-9,12,18-19H,2-3,10-11,13,24H2,1H3,(H2,25,26)(H,27,29)/t18-,19+/m1/s1. The van der Waals surface area contributed by atoms with Crippen LogP contribution in [-0.4, -0.2) is 47.4 Å². The first-order valence-electron chi connectivity index (χ1n) is 10.6. The zero-order valence-corrected chi connectivity index (χ0v) is 18.7. The zero-order valence-electron chi connectivity index (χ0n) is 17.9. The number of nitrogens with one attached hydrogen (secondary N) is 1. The van der Waals surface area contributed by atoms with E-state index in [1.165, 1.54) is 0 Å². The van der Waals surface area contributed by atoms with Crippen molar-refractivity contribution in [2.45, 2.75) is 37.9 Å². The van der Waals surface area contributed by atoms with Crippen LogP contribution in [0.4, 0.5) is 5.82 Å². The summed E-state index contributed by atoms with van der Waals surface area (Å²) in [5.41, 5.74) is 13.1. The average Bonchev–Trinajstić information content (AvgIpc) is 3.45. The number of fused-ring (bicyclic) bond motifs is 1. The molecule has 4 rings (SSSR count). The molecule has 3 aromatic rings. The topological polar surface area (TPSA) is 124 Å². The molecule has 1 saturated heterocycles. The van der Waals surface area contributed by atoms with Gasteiger partial charge in [0.05, 0.1) is 19.7 Å². The number of aromatic nitrogens is 1. The molecule has 8 nitrogen and oxygen atoms in total. The van der Waals surface area contributed by atoms with E-state index in [2.05, 4.69) is 10.3 Å². The van der Waals surface area contributed by atoms with Gasteiger partial charge in [0.1, 0.15) is 17.6 Å². The number of carbonyl (C=O) groups is 2. The number of nitrogen functional groups attached to an aromatic ring is 1. The molecule has 5 N–H and O–H groups in total. The summed E-state index contributed by atoms with van der Waals surface area (Å²) in [6.45, 7) is 0.923. The summed E-state index contributed by atoms with van der Waals surface area (Å²) < 4.78 is 6.19. The second-order valence-electron chi connectivity index (χ2n) is 7.89. The fourth-order valence-electron chi connectivity index (χ4n) is 4.03. The molecule has 3 heterocycles. The molecule has 1 fully saturated rings. The predicted molar refractivity (Wildman–Crippen MR) is 125 cm³/mol. The van der Waals surface area contributed by atoms with Gasteiger partial charge in [-0.15, -0.1) is 11.3 Å². The molecule has 1 aliphatic rings. The van der Waals surface area contributed by atoms with Crippen molar-refractivity contribution in [1.29, 1.82) is 0 Å². The number of nitrogens with two attached hydrogens (primary N) is 2. The zero-order chi connectivity index (χ0) is 22.7. The van der Waals surface area contributed by atoms with Gasteiger partial charge in [0.2, 0.25) is 11.8 Å². The van der Waals surface area contributed by atoms with Crippen molar-refractivity contribution in [2.24, 2.45) is 5.73 Å². The Balaban J connectivity index is 1.36. The molecule has 2 aromatic heterocycles. The van der Waals surface area contributed by atoms with Crippen molar-refractivity contribution in [1.82, 2.24) is 15.2 Å². The summed E-state index contributed by atoms with van der Waals surface area (Å²) in [4.78, 5) is 32.6. The van der Waals surface area contributed by atoms with Gasteiger partial charge in [-0.3, -0.25) is 9.59 Å². The van der Waals surface area contributed by atoms with Gasteiger partial charge in [-0.2, -0.15) is 0 Å². The van der Waals surface area contributed by atoms with Crippen LogP contribution in [-0.2, 0) is 22.6 Å². The van der Waals surface area contributed by atoms with E-state index in [-0.39, 0.29) is 11.8 Å². The molecular formula is C23H27N5O3S. The highest BCUT2D eigenvalue weighted by Gasteiger charge is 2.36. The molecule has 32 heavy (non-hydrogen) atoms. The third-order valence-electron chi connectivity index (χ3n) is 5.73. The number of hydrogen-bond donors (Lipinski definition) is 3. The van der Waals surface area contributed by atoms with Crippen LogP contribution in [0.15, 0.2) is 42.6 Å². The van der Waals surface area contributed by atoms with E-state index >= 15 is 0 Å². The summed E-state index contributed by atoms with van der Waals surface area (Å²) in [7, 11) is 1.61. The number of rotatable bonds is 7. The number of carbonyl (C=O) groups excluding carboxylic acids is 2. The normalized spacial score (nSPS) is 16.8. The van der Waals surface area contributed by atoms with E-state index in [1.54, 1.807) is 29.5 Å². The Hall–Kier alpha value is -3.17. The molecule has 0 saturated carbocycles. The molecule has 0 aliphatic carbocycles. The Morgan fingerprint density at radius 1 is 1.31 bits per heavy atom. The molecule has 0 bridgehead atoms. The quantitative estimate of drug-likeness (QED) is 0.503. The molecule has 1 aromatic carbocycles. The van der Waals surface area contributed by atoms with Crippen molar-refractivity contribution >= 4 is 39.1 Å². The Morgan fingerprint density at radius 2 is 2.09 bits per heavy atom. The van der Waals surface area contributed by atoms with Gasteiger partial charge in [0.15, 0.2) is 0 Å². The lowest BCUT2D eigenvalue weighted by molar-refractivity contribution is -0.139. The Morgan fingerprint density at radius 3 is 2.81 bits per heavy atom. The fourth-order valence-corrected chi connectivity index (χ4v) is 5.04. The van der Waals surface area contributed by atoms with Crippen LogP contribution in [0.2, 0.25) is 0 Å². The molecule has 0 radical (unpaired) electrons. The van der Waals surface area contributed by atoms with Gasteiger partial charge in [-0.05, 0) is 49.1 Å². The van der Waals surface area contributed by atoms with E-state index in [9.17, 15) is 9.59 Å². The number of anilines is 1. The number of thiophene rings is 1. The fraction of sp³-hybridized carbons (Fsp3) is 0.348. The van der Waals surface area contributed by atoms with Crippen LogP contribution in [0, 0.1) is 0 Å². The van der Waals surface area contributed by atoms with E-state index < -0.39 is 12.1 Å². The molecule has 0 unspecified atom stereocenters. The van der Waals surface area contributed by atoms with Gasteiger partial charge < -0.3 is 26.4 Å². The van der Waals surface area contributed by atoms with Gasteiger partial charge in [0, 0.05) is 27.7 Å².